The Labute approximate surface area is 91.0 Å². The second kappa shape index (κ2) is 6.80. The summed E-state index contributed by atoms with van der Waals surface area (Å²) >= 11 is 0. The zero-order chi connectivity index (χ0) is 11.1. The van der Waals surface area contributed by atoms with Crippen LogP contribution in [0.1, 0.15) is 39.0 Å². The van der Waals surface area contributed by atoms with Crippen molar-refractivity contribution in [3.05, 3.63) is 0 Å². The third-order valence-corrected chi connectivity index (χ3v) is 2.77. The molecule has 15 heavy (non-hydrogen) atoms. The Kier molecular flexibility index (Phi) is 5.65. The number of esters is 1. The molecule has 0 amide bonds. The highest BCUT2D eigenvalue weighted by atomic mass is 16.5. The van der Waals surface area contributed by atoms with Gasteiger partial charge in [-0.15, -0.1) is 0 Å². The van der Waals surface area contributed by atoms with Crippen molar-refractivity contribution in [2.24, 2.45) is 0 Å². The second-order valence-corrected chi connectivity index (χ2v) is 3.97. The average Bonchev–Trinajstić information content (AvgIpc) is 2.21. The molecule has 0 spiro atoms. The van der Waals surface area contributed by atoms with Crippen LogP contribution in [0.2, 0.25) is 0 Å². The van der Waals surface area contributed by atoms with Crippen LogP contribution in [0.5, 0.6) is 0 Å². The Bertz CT molecular complexity index is 196. The maximum absolute atomic E-state index is 11.0. The molecule has 4 nitrogen and oxygen atoms in total. The summed E-state index contributed by atoms with van der Waals surface area (Å²) in [6.07, 6.45) is 4.28. The van der Waals surface area contributed by atoms with Gasteiger partial charge < -0.3 is 15.2 Å². The second-order valence-electron chi connectivity index (χ2n) is 3.97. The monoisotopic (exact) mass is 215 g/mol. The third kappa shape index (κ3) is 4.62. The molecule has 0 radical (unpaired) electrons. The Hall–Kier alpha value is -0.610. The molecule has 0 aliphatic heterocycles. The first-order valence-corrected chi connectivity index (χ1v) is 5.81. The summed E-state index contributed by atoms with van der Waals surface area (Å²) in [6.45, 7) is 2.83. The van der Waals surface area contributed by atoms with Crippen molar-refractivity contribution >= 4 is 5.97 Å². The highest BCUT2D eigenvalue weighted by molar-refractivity contribution is 5.69. The molecule has 0 heterocycles. The standard InChI is InChI=1S/C11H21NO3/c1-2-15-11(14)7-8-12-9-5-3-4-6-10(9)13/h9-10,12-13H,2-8H2,1H3. The minimum Gasteiger partial charge on any atom is -0.466 e. The van der Waals surface area contributed by atoms with Crippen LogP contribution in [0.3, 0.4) is 0 Å². The summed E-state index contributed by atoms with van der Waals surface area (Å²) in [5.74, 6) is -0.171. The summed E-state index contributed by atoms with van der Waals surface area (Å²) in [5, 5.41) is 12.9. The van der Waals surface area contributed by atoms with Crippen LogP contribution < -0.4 is 5.32 Å². The van der Waals surface area contributed by atoms with E-state index in [1.54, 1.807) is 6.92 Å². The summed E-state index contributed by atoms with van der Waals surface area (Å²) in [5.41, 5.74) is 0. The van der Waals surface area contributed by atoms with E-state index in [1.165, 1.54) is 0 Å². The number of hydrogen-bond acceptors (Lipinski definition) is 4. The quantitative estimate of drug-likeness (QED) is 0.667. The molecule has 2 N–H and O–H groups in total. The molecule has 0 aromatic carbocycles. The summed E-state index contributed by atoms with van der Waals surface area (Å²) < 4.78 is 4.82. The van der Waals surface area contributed by atoms with Gasteiger partial charge in [0.1, 0.15) is 0 Å². The van der Waals surface area contributed by atoms with Crippen LogP contribution in [0.25, 0.3) is 0 Å². The number of carbonyl (C=O) groups is 1. The topological polar surface area (TPSA) is 58.6 Å². The molecule has 2 atom stereocenters. The zero-order valence-electron chi connectivity index (χ0n) is 9.37. The maximum atomic E-state index is 11.0. The van der Waals surface area contributed by atoms with E-state index in [1.807, 2.05) is 0 Å². The van der Waals surface area contributed by atoms with Gasteiger partial charge in [-0.2, -0.15) is 0 Å². The van der Waals surface area contributed by atoms with Gasteiger partial charge >= 0.3 is 5.97 Å². The van der Waals surface area contributed by atoms with Gasteiger partial charge in [0.05, 0.1) is 19.1 Å². The molecule has 4 heteroatoms. The summed E-state index contributed by atoms with van der Waals surface area (Å²) in [6, 6.07) is 0.160. The molecule has 0 aromatic heterocycles. The predicted octanol–water partition coefficient (Wildman–Crippen LogP) is 0.833. The number of rotatable bonds is 5. The van der Waals surface area contributed by atoms with Gasteiger partial charge in [0.15, 0.2) is 0 Å². The van der Waals surface area contributed by atoms with Gasteiger partial charge in [-0.1, -0.05) is 12.8 Å². The van der Waals surface area contributed by atoms with Gasteiger partial charge in [-0.25, -0.2) is 0 Å². The third-order valence-electron chi connectivity index (χ3n) is 2.77. The highest BCUT2D eigenvalue weighted by Crippen LogP contribution is 2.18. The van der Waals surface area contributed by atoms with Gasteiger partial charge in [0, 0.05) is 12.6 Å². The smallest absolute Gasteiger partial charge is 0.307 e. The largest absolute Gasteiger partial charge is 0.466 e. The van der Waals surface area contributed by atoms with E-state index in [-0.39, 0.29) is 18.1 Å². The van der Waals surface area contributed by atoms with Crippen molar-refractivity contribution in [3.63, 3.8) is 0 Å². The molecule has 0 saturated heterocycles. The number of ether oxygens (including phenoxy) is 1. The normalized spacial score (nSPS) is 26.3. The molecule has 1 fully saturated rings. The molecular formula is C11H21NO3. The Morgan fingerprint density at radius 1 is 1.47 bits per heavy atom. The van der Waals surface area contributed by atoms with Crippen molar-refractivity contribution in [3.8, 4) is 0 Å². The summed E-state index contributed by atoms with van der Waals surface area (Å²) in [7, 11) is 0. The van der Waals surface area contributed by atoms with E-state index in [0.717, 1.165) is 25.7 Å². The van der Waals surface area contributed by atoms with Crippen LogP contribution >= 0.6 is 0 Å². The first kappa shape index (κ1) is 12.5. The lowest BCUT2D eigenvalue weighted by atomic mass is 9.92. The van der Waals surface area contributed by atoms with E-state index in [4.69, 9.17) is 4.74 Å². The van der Waals surface area contributed by atoms with Crippen molar-refractivity contribution in [1.82, 2.24) is 5.32 Å². The molecule has 1 aliphatic carbocycles. The number of carbonyl (C=O) groups excluding carboxylic acids is 1. The number of hydrogen-bond donors (Lipinski definition) is 2. The Morgan fingerprint density at radius 3 is 2.87 bits per heavy atom. The van der Waals surface area contributed by atoms with Crippen molar-refractivity contribution in [2.75, 3.05) is 13.2 Å². The maximum Gasteiger partial charge on any atom is 0.307 e. The minimum absolute atomic E-state index is 0.160. The van der Waals surface area contributed by atoms with Crippen LogP contribution in [-0.2, 0) is 9.53 Å². The molecule has 0 bridgehead atoms. The summed E-state index contributed by atoms with van der Waals surface area (Å²) in [4.78, 5) is 11.0. The Morgan fingerprint density at radius 2 is 2.20 bits per heavy atom. The molecule has 0 aromatic rings. The first-order valence-electron chi connectivity index (χ1n) is 5.81. The molecule has 1 saturated carbocycles. The van der Waals surface area contributed by atoms with Crippen molar-refractivity contribution < 1.29 is 14.6 Å². The molecule has 88 valence electrons. The SMILES string of the molecule is CCOC(=O)CCNC1CCCCC1O. The lowest BCUT2D eigenvalue weighted by Gasteiger charge is -2.28. The van der Waals surface area contributed by atoms with Crippen LogP contribution in [0, 0.1) is 0 Å². The first-order chi connectivity index (χ1) is 7.24. The van der Waals surface area contributed by atoms with Gasteiger partial charge in [-0.3, -0.25) is 4.79 Å². The van der Waals surface area contributed by atoms with Gasteiger partial charge in [0.2, 0.25) is 0 Å². The predicted molar refractivity (Wildman–Crippen MR) is 57.5 cm³/mol. The lowest BCUT2D eigenvalue weighted by molar-refractivity contribution is -0.143. The van der Waals surface area contributed by atoms with E-state index in [9.17, 15) is 9.90 Å². The van der Waals surface area contributed by atoms with E-state index >= 15 is 0 Å². The van der Waals surface area contributed by atoms with E-state index < -0.39 is 0 Å². The minimum atomic E-state index is -0.249. The Balaban J connectivity index is 2.10. The highest BCUT2D eigenvalue weighted by Gasteiger charge is 2.22. The van der Waals surface area contributed by atoms with Gasteiger partial charge in [0.25, 0.3) is 0 Å². The van der Waals surface area contributed by atoms with E-state index in [2.05, 4.69) is 5.32 Å². The fourth-order valence-electron chi connectivity index (χ4n) is 1.94. The number of nitrogens with one attached hydrogen (secondary N) is 1. The molecule has 1 aliphatic rings. The fraction of sp³-hybridized carbons (Fsp3) is 0.909. The molecular weight excluding hydrogens is 194 g/mol. The van der Waals surface area contributed by atoms with E-state index in [0.29, 0.717) is 19.6 Å². The van der Waals surface area contributed by atoms with Crippen LogP contribution in [0.15, 0.2) is 0 Å². The van der Waals surface area contributed by atoms with Gasteiger partial charge in [-0.05, 0) is 19.8 Å². The lowest BCUT2D eigenvalue weighted by Crippen LogP contribution is -2.42. The molecule has 2 unspecified atom stereocenters. The van der Waals surface area contributed by atoms with Crippen LogP contribution in [0.4, 0.5) is 0 Å². The van der Waals surface area contributed by atoms with Crippen molar-refractivity contribution in [2.45, 2.75) is 51.2 Å². The zero-order valence-corrected chi connectivity index (χ0v) is 9.37. The number of aliphatic hydroxyl groups excluding tert-OH is 1. The average molecular weight is 215 g/mol. The number of aliphatic hydroxyl groups is 1. The fourth-order valence-corrected chi connectivity index (χ4v) is 1.94. The molecule has 1 rings (SSSR count). The van der Waals surface area contributed by atoms with Crippen LogP contribution in [-0.4, -0.2) is 36.4 Å². The van der Waals surface area contributed by atoms with Crippen molar-refractivity contribution in [1.29, 1.82) is 0 Å².